The summed E-state index contributed by atoms with van der Waals surface area (Å²) in [6.45, 7) is 1.01. The van der Waals surface area contributed by atoms with Crippen molar-refractivity contribution in [3.8, 4) is 0 Å². The van der Waals surface area contributed by atoms with Gasteiger partial charge in [0.05, 0.1) is 16.5 Å². The summed E-state index contributed by atoms with van der Waals surface area (Å²) < 4.78 is 12.2. The number of nitrogens with one attached hydrogen (secondary N) is 1. The molecule has 2 aromatic heterocycles. The topological polar surface area (TPSA) is 95.2 Å². The lowest BCUT2D eigenvalue weighted by molar-refractivity contribution is 0.291. The SMILES string of the molecule is COB(OC)c1[nH]nc2c1c(=O)n(CCCN)c1ccc(Cl)cc21. The van der Waals surface area contributed by atoms with Crippen LogP contribution in [0.1, 0.15) is 6.42 Å². The molecule has 0 spiro atoms. The van der Waals surface area contributed by atoms with E-state index in [1.165, 1.54) is 14.2 Å². The number of pyridine rings is 1. The van der Waals surface area contributed by atoms with E-state index in [0.717, 1.165) is 10.9 Å². The average Bonchev–Trinajstić information content (AvgIpc) is 3.02. The van der Waals surface area contributed by atoms with Crippen LogP contribution in [0.4, 0.5) is 0 Å². The van der Waals surface area contributed by atoms with Crippen molar-refractivity contribution in [3.05, 3.63) is 33.6 Å². The highest BCUT2D eigenvalue weighted by molar-refractivity contribution is 6.63. The van der Waals surface area contributed by atoms with E-state index in [1.54, 1.807) is 16.7 Å². The second-order valence-electron chi connectivity index (χ2n) is 5.42. The third kappa shape index (κ3) is 2.71. The Balaban J connectivity index is 2.40. The molecule has 7 nitrogen and oxygen atoms in total. The van der Waals surface area contributed by atoms with Crippen LogP contribution in [-0.4, -0.2) is 42.6 Å². The molecule has 2 heterocycles. The summed E-state index contributed by atoms with van der Waals surface area (Å²) in [5.74, 6) is 0. The maximum Gasteiger partial charge on any atom is 0.513 e. The molecule has 3 rings (SSSR count). The van der Waals surface area contributed by atoms with E-state index in [4.69, 9.17) is 26.6 Å². The van der Waals surface area contributed by atoms with Gasteiger partial charge in [-0.3, -0.25) is 9.89 Å². The van der Waals surface area contributed by atoms with Crippen molar-refractivity contribution in [2.45, 2.75) is 13.0 Å². The summed E-state index contributed by atoms with van der Waals surface area (Å²) in [6.07, 6.45) is 0.689. The van der Waals surface area contributed by atoms with Crippen molar-refractivity contribution >= 4 is 46.1 Å². The van der Waals surface area contributed by atoms with Crippen LogP contribution in [0.2, 0.25) is 5.02 Å². The van der Waals surface area contributed by atoms with Gasteiger partial charge in [-0.1, -0.05) is 11.6 Å². The highest BCUT2D eigenvalue weighted by Gasteiger charge is 2.27. The Morgan fingerprint density at radius 1 is 1.38 bits per heavy atom. The van der Waals surface area contributed by atoms with Crippen molar-refractivity contribution in [2.75, 3.05) is 20.8 Å². The van der Waals surface area contributed by atoms with E-state index in [9.17, 15) is 4.79 Å². The minimum absolute atomic E-state index is 0.156. The zero-order valence-electron chi connectivity index (χ0n) is 13.5. The van der Waals surface area contributed by atoms with E-state index in [0.29, 0.717) is 41.0 Å². The third-order valence-corrected chi connectivity index (χ3v) is 4.24. The minimum Gasteiger partial charge on any atom is -0.409 e. The highest BCUT2D eigenvalue weighted by atomic mass is 35.5. The van der Waals surface area contributed by atoms with Crippen LogP contribution in [0.5, 0.6) is 0 Å². The maximum atomic E-state index is 13.1. The second kappa shape index (κ2) is 6.94. The normalized spacial score (nSPS) is 11.5. The number of aryl methyl sites for hydroxylation is 1. The fourth-order valence-electron chi connectivity index (χ4n) is 2.92. The van der Waals surface area contributed by atoms with Gasteiger partial charge in [0, 0.05) is 31.2 Å². The summed E-state index contributed by atoms with van der Waals surface area (Å²) in [7, 11) is 2.31. The molecule has 0 fully saturated rings. The summed E-state index contributed by atoms with van der Waals surface area (Å²) >= 11 is 6.14. The van der Waals surface area contributed by atoms with E-state index >= 15 is 0 Å². The predicted octanol–water partition coefficient (Wildman–Crippen LogP) is 0.868. The average molecular weight is 349 g/mol. The van der Waals surface area contributed by atoms with Gasteiger partial charge in [-0.15, -0.1) is 0 Å². The van der Waals surface area contributed by atoms with Crippen LogP contribution in [0.3, 0.4) is 0 Å². The third-order valence-electron chi connectivity index (χ3n) is 4.01. The number of H-pyrrole nitrogens is 1. The number of nitrogens with two attached hydrogens (primary N) is 1. The number of fused-ring (bicyclic) bond motifs is 3. The molecule has 24 heavy (non-hydrogen) atoms. The van der Waals surface area contributed by atoms with Gasteiger partial charge in [-0.2, -0.15) is 5.10 Å². The van der Waals surface area contributed by atoms with E-state index in [-0.39, 0.29) is 5.56 Å². The molecule has 0 aliphatic rings. The molecule has 0 bridgehead atoms. The lowest BCUT2D eigenvalue weighted by Gasteiger charge is -2.12. The first-order chi connectivity index (χ1) is 11.6. The lowest BCUT2D eigenvalue weighted by atomic mass is 9.82. The van der Waals surface area contributed by atoms with Gasteiger partial charge >= 0.3 is 7.12 Å². The molecule has 1 aromatic carbocycles. The number of hydrogen-bond acceptors (Lipinski definition) is 5. The smallest absolute Gasteiger partial charge is 0.409 e. The van der Waals surface area contributed by atoms with Crippen LogP contribution in [0.15, 0.2) is 23.0 Å². The summed E-state index contributed by atoms with van der Waals surface area (Å²) in [6, 6.07) is 5.39. The summed E-state index contributed by atoms with van der Waals surface area (Å²) in [4.78, 5) is 13.1. The van der Waals surface area contributed by atoms with Crippen molar-refractivity contribution in [2.24, 2.45) is 5.73 Å². The van der Waals surface area contributed by atoms with Gasteiger partial charge in [0.2, 0.25) is 0 Å². The predicted molar refractivity (Wildman–Crippen MR) is 95.9 cm³/mol. The van der Waals surface area contributed by atoms with Gasteiger partial charge < -0.3 is 19.6 Å². The van der Waals surface area contributed by atoms with Gasteiger partial charge in [0.15, 0.2) is 0 Å². The molecular formula is C15H18BClN4O3. The van der Waals surface area contributed by atoms with Crippen LogP contribution in [-0.2, 0) is 15.9 Å². The quantitative estimate of drug-likeness (QED) is 0.645. The maximum absolute atomic E-state index is 13.1. The minimum atomic E-state index is -0.706. The van der Waals surface area contributed by atoms with Crippen molar-refractivity contribution in [3.63, 3.8) is 0 Å². The molecule has 0 unspecified atom stereocenters. The van der Waals surface area contributed by atoms with E-state index < -0.39 is 7.12 Å². The first-order valence-corrected chi connectivity index (χ1v) is 7.95. The molecule has 0 aliphatic carbocycles. The van der Waals surface area contributed by atoms with Crippen molar-refractivity contribution in [1.29, 1.82) is 0 Å². The van der Waals surface area contributed by atoms with Gasteiger partial charge in [-0.25, -0.2) is 0 Å². The Bertz CT molecular complexity index is 936. The summed E-state index contributed by atoms with van der Waals surface area (Å²) in [5.41, 5.74) is 7.27. The number of benzene rings is 1. The molecule has 126 valence electrons. The molecule has 0 amide bonds. The number of aromatic nitrogens is 3. The standard InChI is InChI=1S/C15H18BClN4O3/c1-23-16(24-2)14-12-13(19-20-14)10-8-9(17)4-5-11(10)21(15(12)22)7-3-6-18/h4-5,8H,3,6-7,18H2,1-2H3,(H,19,20). The number of hydrogen-bond donors (Lipinski definition) is 2. The lowest BCUT2D eigenvalue weighted by Crippen LogP contribution is -2.39. The van der Waals surface area contributed by atoms with Gasteiger partial charge in [0.1, 0.15) is 5.52 Å². The van der Waals surface area contributed by atoms with E-state index in [1.807, 2.05) is 6.07 Å². The molecular weight excluding hydrogens is 330 g/mol. The first-order valence-electron chi connectivity index (χ1n) is 7.58. The highest BCUT2D eigenvalue weighted by Crippen LogP contribution is 2.24. The Morgan fingerprint density at radius 2 is 2.12 bits per heavy atom. The Labute approximate surface area is 143 Å². The molecule has 3 aromatic rings. The molecule has 0 saturated carbocycles. The Kier molecular flexibility index (Phi) is 4.91. The van der Waals surface area contributed by atoms with Crippen LogP contribution >= 0.6 is 11.6 Å². The largest absolute Gasteiger partial charge is 0.513 e. The van der Waals surface area contributed by atoms with Gasteiger partial charge in [-0.05, 0) is 31.2 Å². The van der Waals surface area contributed by atoms with Crippen LogP contribution < -0.4 is 16.9 Å². The molecule has 0 aliphatic heterocycles. The number of nitrogens with zero attached hydrogens (tertiary/aromatic N) is 2. The van der Waals surface area contributed by atoms with E-state index in [2.05, 4.69) is 10.2 Å². The first kappa shape index (κ1) is 17.0. The summed E-state index contributed by atoms with van der Waals surface area (Å²) in [5, 5.41) is 8.99. The monoisotopic (exact) mass is 348 g/mol. The Hall–Kier alpha value is -1.87. The number of halogens is 1. The molecule has 0 radical (unpaired) electrons. The fourth-order valence-corrected chi connectivity index (χ4v) is 3.09. The molecule has 0 atom stereocenters. The molecule has 0 saturated heterocycles. The van der Waals surface area contributed by atoms with Crippen LogP contribution in [0, 0.1) is 0 Å². The number of rotatable bonds is 6. The molecule has 3 N–H and O–H groups in total. The van der Waals surface area contributed by atoms with Crippen molar-refractivity contribution in [1.82, 2.24) is 14.8 Å². The fraction of sp³-hybridized carbons (Fsp3) is 0.333. The molecule has 9 heteroatoms. The number of aromatic amines is 1. The second-order valence-corrected chi connectivity index (χ2v) is 5.86. The van der Waals surface area contributed by atoms with Crippen LogP contribution in [0.25, 0.3) is 21.8 Å². The van der Waals surface area contributed by atoms with Gasteiger partial charge in [0.25, 0.3) is 5.56 Å². The zero-order valence-corrected chi connectivity index (χ0v) is 14.3. The van der Waals surface area contributed by atoms with Crippen molar-refractivity contribution < 1.29 is 9.31 Å². The Morgan fingerprint density at radius 3 is 2.79 bits per heavy atom. The zero-order chi connectivity index (χ0) is 17.3.